The Labute approximate surface area is 124 Å². The molecule has 0 saturated heterocycles. The molecule has 0 atom stereocenters. The number of amides is 1. The molecule has 2 N–H and O–H groups in total. The van der Waals surface area contributed by atoms with Gasteiger partial charge in [0.05, 0.1) is 6.54 Å². The largest absolute Gasteiger partial charge is 0.325 e. The van der Waals surface area contributed by atoms with Crippen molar-refractivity contribution in [3.05, 3.63) is 30.1 Å². The second-order valence-electron chi connectivity index (χ2n) is 4.56. The van der Waals surface area contributed by atoms with E-state index in [0.717, 1.165) is 23.2 Å². The van der Waals surface area contributed by atoms with E-state index in [-0.39, 0.29) is 5.69 Å². The van der Waals surface area contributed by atoms with Crippen LogP contribution in [0.25, 0.3) is 0 Å². The molecular formula is C13H20FN3O3S. The molecule has 0 saturated carbocycles. The van der Waals surface area contributed by atoms with Crippen molar-refractivity contribution in [3.8, 4) is 0 Å². The fourth-order valence-electron chi connectivity index (χ4n) is 1.54. The van der Waals surface area contributed by atoms with E-state index < -0.39 is 28.5 Å². The summed E-state index contributed by atoms with van der Waals surface area (Å²) < 4.78 is 39.9. The predicted octanol–water partition coefficient (Wildman–Crippen LogP) is 1.33. The number of nitrogens with one attached hydrogen (secondary N) is 2. The molecule has 0 aromatic heterocycles. The normalized spacial score (nSPS) is 11.6. The molecule has 1 rings (SSSR count). The van der Waals surface area contributed by atoms with Crippen molar-refractivity contribution >= 4 is 21.8 Å². The van der Waals surface area contributed by atoms with Crippen molar-refractivity contribution in [2.45, 2.75) is 19.8 Å². The van der Waals surface area contributed by atoms with E-state index in [1.807, 2.05) is 6.92 Å². The highest BCUT2D eigenvalue weighted by molar-refractivity contribution is 7.87. The summed E-state index contributed by atoms with van der Waals surface area (Å²) in [4.78, 5) is 11.6. The van der Waals surface area contributed by atoms with Crippen LogP contribution in [-0.4, -0.2) is 38.8 Å². The number of carbonyl (C=O) groups is 1. The zero-order valence-electron chi connectivity index (χ0n) is 12.1. The summed E-state index contributed by atoms with van der Waals surface area (Å²) in [7, 11) is -2.23. The van der Waals surface area contributed by atoms with Crippen molar-refractivity contribution in [1.29, 1.82) is 0 Å². The van der Waals surface area contributed by atoms with Gasteiger partial charge < -0.3 is 5.32 Å². The highest BCUT2D eigenvalue weighted by Gasteiger charge is 2.17. The van der Waals surface area contributed by atoms with Gasteiger partial charge in [-0.15, -0.1) is 0 Å². The molecule has 1 aromatic rings. The average Bonchev–Trinajstić information content (AvgIpc) is 2.42. The first-order valence-corrected chi connectivity index (χ1v) is 8.05. The number of carbonyl (C=O) groups excluding carboxylic acids is 1. The molecule has 0 aliphatic carbocycles. The molecule has 118 valence electrons. The maximum atomic E-state index is 12.9. The SMILES string of the molecule is CCCCN(C)S(=O)(=O)NCC(=O)Nc1cccc(F)c1. The van der Waals surface area contributed by atoms with E-state index in [2.05, 4.69) is 10.0 Å². The Kier molecular flexibility index (Phi) is 6.73. The third-order valence-corrected chi connectivity index (χ3v) is 4.27. The summed E-state index contributed by atoms with van der Waals surface area (Å²) in [6.45, 7) is 1.94. The first-order chi connectivity index (χ1) is 9.85. The molecule has 1 aromatic carbocycles. The molecule has 0 fully saturated rings. The van der Waals surface area contributed by atoms with Crippen molar-refractivity contribution in [1.82, 2.24) is 9.03 Å². The highest BCUT2D eigenvalue weighted by atomic mass is 32.2. The lowest BCUT2D eigenvalue weighted by atomic mass is 10.3. The zero-order chi connectivity index (χ0) is 15.9. The summed E-state index contributed by atoms with van der Waals surface area (Å²) >= 11 is 0. The Balaban J connectivity index is 2.48. The van der Waals surface area contributed by atoms with Crippen LogP contribution in [0.2, 0.25) is 0 Å². The summed E-state index contributed by atoms with van der Waals surface area (Å²) in [5.41, 5.74) is 0.276. The molecule has 0 heterocycles. The second kappa shape index (κ2) is 8.06. The molecule has 0 unspecified atom stereocenters. The summed E-state index contributed by atoms with van der Waals surface area (Å²) in [6, 6.07) is 5.37. The Morgan fingerprint density at radius 3 is 2.71 bits per heavy atom. The van der Waals surface area contributed by atoms with Gasteiger partial charge in [-0.3, -0.25) is 4.79 Å². The van der Waals surface area contributed by atoms with Crippen LogP contribution in [0.1, 0.15) is 19.8 Å². The maximum absolute atomic E-state index is 12.9. The molecule has 0 spiro atoms. The quantitative estimate of drug-likeness (QED) is 0.759. The number of halogens is 1. The van der Waals surface area contributed by atoms with Crippen molar-refractivity contribution in [2.75, 3.05) is 25.5 Å². The number of anilines is 1. The zero-order valence-corrected chi connectivity index (χ0v) is 12.9. The van der Waals surface area contributed by atoms with Gasteiger partial charge in [0.15, 0.2) is 0 Å². The van der Waals surface area contributed by atoms with Crippen LogP contribution in [0.15, 0.2) is 24.3 Å². The van der Waals surface area contributed by atoms with Gasteiger partial charge in [0, 0.05) is 19.3 Å². The lowest BCUT2D eigenvalue weighted by Gasteiger charge is -2.17. The number of hydrogen-bond donors (Lipinski definition) is 2. The smallest absolute Gasteiger partial charge is 0.279 e. The number of benzene rings is 1. The van der Waals surface area contributed by atoms with Gasteiger partial charge in [0.1, 0.15) is 5.82 Å². The van der Waals surface area contributed by atoms with Crippen LogP contribution in [0, 0.1) is 5.82 Å². The highest BCUT2D eigenvalue weighted by Crippen LogP contribution is 2.08. The number of nitrogens with zero attached hydrogens (tertiary/aromatic N) is 1. The first-order valence-electron chi connectivity index (χ1n) is 6.61. The van der Waals surface area contributed by atoms with Gasteiger partial charge in [0.2, 0.25) is 5.91 Å². The molecule has 0 radical (unpaired) electrons. The first kappa shape index (κ1) is 17.5. The summed E-state index contributed by atoms with van der Waals surface area (Å²) in [6.07, 6.45) is 1.62. The molecule has 21 heavy (non-hydrogen) atoms. The summed E-state index contributed by atoms with van der Waals surface area (Å²) in [5.74, 6) is -1.04. The molecular weight excluding hydrogens is 297 g/mol. The molecule has 0 aliphatic rings. The van der Waals surface area contributed by atoms with E-state index in [9.17, 15) is 17.6 Å². The minimum absolute atomic E-state index is 0.276. The minimum atomic E-state index is -3.68. The van der Waals surface area contributed by atoms with E-state index in [1.165, 1.54) is 25.2 Å². The molecule has 0 aliphatic heterocycles. The third-order valence-electron chi connectivity index (χ3n) is 2.76. The lowest BCUT2D eigenvalue weighted by Crippen LogP contribution is -2.42. The topological polar surface area (TPSA) is 78.5 Å². The summed E-state index contributed by atoms with van der Waals surface area (Å²) in [5, 5.41) is 2.41. The molecule has 1 amide bonds. The predicted molar refractivity (Wildman–Crippen MR) is 79.5 cm³/mol. The van der Waals surface area contributed by atoms with Crippen LogP contribution >= 0.6 is 0 Å². The second-order valence-corrected chi connectivity index (χ2v) is 6.42. The average molecular weight is 317 g/mol. The van der Waals surface area contributed by atoms with E-state index in [4.69, 9.17) is 0 Å². The number of rotatable bonds is 8. The van der Waals surface area contributed by atoms with Gasteiger partial charge in [-0.25, -0.2) is 4.39 Å². The monoisotopic (exact) mass is 317 g/mol. The Morgan fingerprint density at radius 1 is 1.38 bits per heavy atom. The number of unbranched alkanes of at least 4 members (excludes halogenated alkanes) is 1. The third kappa shape index (κ3) is 6.19. The van der Waals surface area contributed by atoms with Gasteiger partial charge in [-0.2, -0.15) is 17.4 Å². The van der Waals surface area contributed by atoms with E-state index in [0.29, 0.717) is 6.54 Å². The minimum Gasteiger partial charge on any atom is -0.325 e. The van der Waals surface area contributed by atoms with Gasteiger partial charge in [0.25, 0.3) is 10.2 Å². The van der Waals surface area contributed by atoms with Crippen LogP contribution in [0.5, 0.6) is 0 Å². The number of hydrogen-bond acceptors (Lipinski definition) is 3. The standard InChI is InChI=1S/C13H20FN3O3S/c1-3-4-8-17(2)21(19,20)15-10-13(18)16-12-7-5-6-11(14)9-12/h5-7,9,15H,3-4,8,10H2,1-2H3,(H,16,18). The van der Waals surface area contributed by atoms with Gasteiger partial charge in [-0.05, 0) is 24.6 Å². The van der Waals surface area contributed by atoms with Gasteiger partial charge >= 0.3 is 0 Å². The maximum Gasteiger partial charge on any atom is 0.279 e. The lowest BCUT2D eigenvalue weighted by molar-refractivity contribution is -0.115. The Hall–Kier alpha value is -1.51. The Bertz CT molecular complexity index is 578. The van der Waals surface area contributed by atoms with Crippen molar-refractivity contribution < 1.29 is 17.6 Å². The molecule has 8 heteroatoms. The van der Waals surface area contributed by atoms with Crippen LogP contribution in [0.4, 0.5) is 10.1 Å². The Morgan fingerprint density at radius 2 is 2.10 bits per heavy atom. The van der Waals surface area contributed by atoms with Crippen molar-refractivity contribution in [2.24, 2.45) is 0 Å². The van der Waals surface area contributed by atoms with Crippen LogP contribution in [0.3, 0.4) is 0 Å². The molecule has 0 bridgehead atoms. The van der Waals surface area contributed by atoms with Crippen LogP contribution < -0.4 is 10.0 Å². The van der Waals surface area contributed by atoms with Crippen LogP contribution in [-0.2, 0) is 15.0 Å². The fourth-order valence-corrected chi connectivity index (χ4v) is 2.44. The fraction of sp³-hybridized carbons (Fsp3) is 0.462. The van der Waals surface area contributed by atoms with Gasteiger partial charge in [-0.1, -0.05) is 19.4 Å². The van der Waals surface area contributed by atoms with E-state index in [1.54, 1.807) is 0 Å². The van der Waals surface area contributed by atoms with Crippen molar-refractivity contribution in [3.63, 3.8) is 0 Å². The molecule has 6 nitrogen and oxygen atoms in total. The van der Waals surface area contributed by atoms with E-state index >= 15 is 0 Å².